The molecule has 0 radical (unpaired) electrons. The lowest BCUT2D eigenvalue weighted by atomic mass is 10.2. The Kier molecular flexibility index (Phi) is 3.81. The number of carbonyl (C=O) groups excluding carboxylic acids is 1. The predicted octanol–water partition coefficient (Wildman–Crippen LogP) is 1.02. The largest absolute Gasteiger partial charge is 0.467 e. The second-order valence-corrected chi connectivity index (χ2v) is 4.20. The number of likely N-dealkylation sites (tertiary alicyclic amines) is 1. The summed E-state index contributed by atoms with van der Waals surface area (Å²) in [6.45, 7) is 1.61. The van der Waals surface area contributed by atoms with Gasteiger partial charge in [-0.3, -0.25) is 4.90 Å². The number of hydrogen-bond donors (Lipinski definition) is 1. The average Bonchev–Trinajstić information content (AvgIpc) is 2.97. The summed E-state index contributed by atoms with van der Waals surface area (Å²) in [7, 11) is 1.35. The third-order valence-electron chi connectivity index (χ3n) is 3.21. The highest BCUT2D eigenvalue weighted by atomic mass is 16.5. The molecule has 1 aliphatic rings. The molecule has 0 aliphatic carbocycles. The average molecular weight is 239 g/mol. The Labute approximate surface area is 100.0 Å². The molecule has 5 nitrogen and oxygen atoms in total. The van der Waals surface area contributed by atoms with Crippen LogP contribution in [-0.2, 0) is 11.3 Å². The Bertz CT molecular complexity index is 388. The summed E-state index contributed by atoms with van der Waals surface area (Å²) in [4.78, 5) is 13.6. The number of carbonyl (C=O) groups is 1. The molecule has 0 unspecified atom stereocenters. The van der Waals surface area contributed by atoms with E-state index in [0.29, 0.717) is 17.9 Å². The molecule has 0 saturated carbocycles. The Morgan fingerprint density at radius 3 is 3.24 bits per heavy atom. The van der Waals surface area contributed by atoms with Crippen LogP contribution in [0.3, 0.4) is 0 Å². The number of esters is 1. The zero-order valence-corrected chi connectivity index (χ0v) is 9.89. The van der Waals surface area contributed by atoms with E-state index in [2.05, 4.69) is 9.64 Å². The van der Waals surface area contributed by atoms with Crippen LogP contribution in [0.15, 0.2) is 16.7 Å². The summed E-state index contributed by atoms with van der Waals surface area (Å²) in [6, 6.07) is 1.79. The summed E-state index contributed by atoms with van der Waals surface area (Å²) in [5, 5.41) is 9.23. The highest BCUT2D eigenvalue weighted by Gasteiger charge is 2.26. The Morgan fingerprint density at radius 2 is 2.53 bits per heavy atom. The maximum atomic E-state index is 11.5. The monoisotopic (exact) mass is 239 g/mol. The van der Waals surface area contributed by atoms with Crippen molar-refractivity contribution in [1.82, 2.24) is 4.90 Å². The summed E-state index contributed by atoms with van der Waals surface area (Å²) in [6.07, 6.45) is 3.55. The van der Waals surface area contributed by atoms with Gasteiger partial charge >= 0.3 is 5.97 Å². The van der Waals surface area contributed by atoms with Crippen molar-refractivity contribution in [1.29, 1.82) is 0 Å². The van der Waals surface area contributed by atoms with Gasteiger partial charge in [-0.1, -0.05) is 0 Å². The fourth-order valence-electron chi connectivity index (χ4n) is 2.25. The third kappa shape index (κ3) is 2.50. The fourth-order valence-corrected chi connectivity index (χ4v) is 2.25. The molecule has 0 amide bonds. The van der Waals surface area contributed by atoms with E-state index in [1.54, 1.807) is 6.07 Å². The molecule has 1 aliphatic heterocycles. The molecular weight excluding hydrogens is 222 g/mol. The lowest BCUT2D eigenvalue weighted by Gasteiger charge is -2.21. The Morgan fingerprint density at radius 1 is 1.71 bits per heavy atom. The van der Waals surface area contributed by atoms with E-state index in [1.165, 1.54) is 13.4 Å². The molecule has 1 aromatic heterocycles. The number of furan rings is 1. The van der Waals surface area contributed by atoms with E-state index in [9.17, 15) is 9.90 Å². The first-order chi connectivity index (χ1) is 8.26. The standard InChI is InChI=1S/C12H17NO4/c1-16-12(15)10-4-6-17-11(10)7-13-5-2-3-9(13)8-14/h4,6,9,14H,2-3,5,7-8H2,1H3/t9-/m1/s1. The van der Waals surface area contributed by atoms with Crippen LogP contribution >= 0.6 is 0 Å². The molecule has 0 bridgehead atoms. The van der Waals surface area contributed by atoms with E-state index in [4.69, 9.17) is 4.42 Å². The van der Waals surface area contributed by atoms with E-state index in [-0.39, 0.29) is 18.6 Å². The smallest absolute Gasteiger partial charge is 0.341 e. The highest BCUT2D eigenvalue weighted by molar-refractivity contribution is 5.90. The van der Waals surface area contributed by atoms with Crippen LogP contribution in [0, 0.1) is 0 Å². The molecular formula is C12H17NO4. The van der Waals surface area contributed by atoms with Gasteiger partial charge in [0.05, 0.1) is 26.5 Å². The minimum atomic E-state index is -0.381. The third-order valence-corrected chi connectivity index (χ3v) is 3.21. The zero-order valence-electron chi connectivity index (χ0n) is 9.89. The Hall–Kier alpha value is -1.33. The maximum absolute atomic E-state index is 11.5. The van der Waals surface area contributed by atoms with Crippen molar-refractivity contribution in [3.63, 3.8) is 0 Å². The van der Waals surface area contributed by atoms with Crippen LogP contribution in [-0.4, -0.2) is 42.3 Å². The van der Waals surface area contributed by atoms with Gasteiger partial charge in [0.25, 0.3) is 0 Å². The van der Waals surface area contributed by atoms with Crippen LogP contribution in [0.1, 0.15) is 29.0 Å². The number of ether oxygens (including phenoxy) is 1. The minimum absolute atomic E-state index is 0.147. The van der Waals surface area contributed by atoms with Crippen molar-refractivity contribution in [2.45, 2.75) is 25.4 Å². The van der Waals surface area contributed by atoms with Gasteiger partial charge in [0.15, 0.2) is 0 Å². The summed E-state index contributed by atoms with van der Waals surface area (Å²) < 4.78 is 10.0. The van der Waals surface area contributed by atoms with Gasteiger partial charge in [0.2, 0.25) is 0 Å². The van der Waals surface area contributed by atoms with Gasteiger partial charge in [-0.2, -0.15) is 0 Å². The van der Waals surface area contributed by atoms with Crippen LogP contribution in [0.25, 0.3) is 0 Å². The van der Waals surface area contributed by atoms with Gasteiger partial charge in [-0.05, 0) is 25.5 Å². The maximum Gasteiger partial charge on any atom is 0.341 e. The molecule has 1 N–H and O–H groups in total. The first kappa shape index (κ1) is 12.1. The molecule has 1 fully saturated rings. The second kappa shape index (κ2) is 5.33. The van der Waals surface area contributed by atoms with E-state index < -0.39 is 0 Å². The summed E-state index contributed by atoms with van der Waals surface area (Å²) in [5.41, 5.74) is 0.469. The van der Waals surface area contributed by atoms with Crippen molar-refractivity contribution in [2.24, 2.45) is 0 Å². The molecule has 94 valence electrons. The quantitative estimate of drug-likeness (QED) is 0.795. The van der Waals surface area contributed by atoms with Crippen LogP contribution < -0.4 is 0 Å². The lowest BCUT2D eigenvalue weighted by molar-refractivity contribution is 0.0595. The molecule has 1 aromatic rings. The van der Waals surface area contributed by atoms with Crippen molar-refractivity contribution in [2.75, 3.05) is 20.3 Å². The normalized spacial score (nSPS) is 20.7. The van der Waals surface area contributed by atoms with Gasteiger partial charge in [0, 0.05) is 6.04 Å². The lowest BCUT2D eigenvalue weighted by Crippen LogP contribution is -2.31. The van der Waals surface area contributed by atoms with Gasteiger partial charge < -0.3 is 14.3 Å². The van der Waals surface area contributed by atoms with Gasteiger partial charge in [0.1, 0.15) is 11.3 Å². The number of aliphatic hydroxyl groups is 1. The summed E-state index contributed by atoms with van der Waals surface area (Å²) >= 11 is 0. The zero-order chi connectivity index (χ0) is 12.3. The predicted molar refractivity (Wildman–Crippen MR) is 60.6 cm³/mol. The number of aliphatic hydroxyl groups excluding tert-OH is 1. The topological polar surface area (TPSA) is 62.9 Å². The molecule has 1 saturated heterocycles. The number of hydrogen-bond acceptors (Lipinski definition) is 5. The first-order valence-corrected chi connectivity index (χ1v) is 5.76. The molecule has 5 heteroatoms. The molecule has 0 aromatic carbocycles. The SMILES string of the molecule is COC(=O)c1ccoc1CN1CCC[C@@H]1CO. The molecule has 1 atom stereocenters. The van der Waals surface area contributed by atoms with E-state index >= 15 is 0 Å². The highest BCUT2D eigenvalue weighted by Crippen LogP contribution is 2.22. The minimum Gasteiger partial charge on any atom is -0.467 e. The van der Waals surface area contributed by atoms with Crippen molar-refractivity contribution >= 4 is 5.97 Å². The van der Waals surface area contributed by atoms with Crippen molar-refractivity contribution < 1.29 is 19.1 Å². The molecule has 0 spiro atoms. The summed E-state index contributed by atoms with van der Waals surface area (Å²) in [5.74, 6) is 0.227. The second-order valence-electron chi connectivity index (χ2n) is 4.20. The number of methoxy groups -OCH3 is 1. The van der Waals surface area contributed by atoms with Crippen LogP contribution in [0.2, 0.25) is 0 Å². The van der Waals surface area contributed by atoms with Gasteiger partial charge in [-0.15, -0.1) is 0 Å². The fraction of sp³-hybridized carbons (Fsp3) is 0.583. The number of rotatable bonds is 4. The van der Waals surface area contributed by atoms with Crippen LogP contribution in [0.4, 0.5) is 0 Å². The first-order valence-electron chi connectivity index (χ1n) is 5.76. The Balaban J connectivity index is 2.08. The number of nitrogens with zero attached hydrogens (tertiary/aromatic N) is 1. The van der Waals surface area contributed by atoms with Crippen molar-refractivity contribution in [3.8, 4) is 0 Å². The van der Waals surface area contributed by atoms with E-state index in [1.807, 2.05) is 0 Å². The van der Waals surface area contributed by atoms with Gasteiger partial charge in [-0.25, -0.2) is 4.79 Å². The van der Waals surface area contributed by atoms with E-state index in [0.717, 1.165) is 19.4 Å². The van der Waals surface area contributed by atoms with Crippen LogP contribution in [0.5, 0.6) is 0 Å². The van der Waals surface area contributed by atoms with Crippen molar-refractivity contribution in [3.05, 3.63) is 23.7 Å². The molecule has 17 heavy (non-hydrogen) atoms. The molecule has 2 heterocycles. The molecule has 2 rings (SSSR count).